The predicted molar refractivity (Wildman–Crippen MR) is 155 cm³/mol. The van der Waals surface area contributed by atoms with Crippen molar-refractivity contribution in [2.24, 2.45) is 17.8 Å². The molecule has 0 aliphatic heterocycles. The molecule has 1 aromatic heterocycles. The minimum Gasteiger partial charge on any atom is -0.458 e. The number of imidazole rings is 1. The van der Waals surface area contributed by atoms with E-state index in [4.69, 9.17) is 4.74 Å². The molecular formula is C33H37F6N3O2. The quantitative estimate of drug-likeness (QED) is 0.183. The van der Waals surface area contributed by atoms with Crippen LogP contribution in [0.2, 0.25) is 0 Å². The molecule has 11 heteroatoms. The number of allylic oxidation sites excluding steroid dienone is 1. The van der Waals surface area contributed by atoms with E-state index in [1.807, 2.05) is 39.1 Å². The van der Waals surface area contributed by atoms with Crippen molar-refractivity contribution < 1.29 is 35.9 Å². The number of aryl methyl sites for hydroxylation is 1. The molecule has 3 atom stereocenters. The smallest absolute Gasteiger partial charge is 0.418 e. The fourth-order valence-corrected chi connectivity index (χ4v) is 6.58. The second kappa shape index (κ2) is 12.2. The van der Waals surface area contributed by atoms with Gasteiger partial charge in [0, 0.05) is 25.3 Å². The summed E-state index contributed by atoms with van der Waals surface area (Å²) in [6, 6.07) is 11.1. The lowest BCUT2D eigenvalue weighted by molar-refractivity contribution is -0.176. The van der Waals surface area contributed by atoms with E-state index in [0.717, 1.165) is 19.3 Å². The van der Waals surface area contributed by atoms with Gasteiger partial charge in [-0.2, -0.15) is 26.3 Å². The van der Waals surface area contributed by atoms with Gasteiger partial charge >= 0.3 is 18.3 Å². The third kappa shape index (κ3) is 6.82. The van der Waals surface area contributed by atoms with Crippen LogP contribution in [0.5, 0.6) is 0 Å². The van der Waals surface area contributed by atoms with Gasteiger partial charge in [-0.15, -0.1) is 0 Å². The molecule has 5 nitrogen and oxygen atoms in total. The molecule has 6 rings (SSSR count). The number of aromatic amines is 1. The topological polar surface area (TPSA) is 58.2 Å². The van der Waals surface area contributed by atoms with Crippen molar-refractivity contribution in [3.8, 4) is 0 Å². The van der Waals surface area contributed by atoms with Gasteiger partial charge in [0.2, 0.25) is 0 Å². The molecule has 3 unspecified atom stereocenters. The molecule has 0 amide bonds. The number of carbonyl (C=O) groups is 1. The Morgan fingerprint density at radius 2 is 1.80 bits per heavy atom. The van der Waals surface area contributed by atoms with Crippen LogP contribution in [0, 0.1) is 17.8 Å². The standard InChI is InChI=1S/C33H37F6N3O2/c1-20(2)30(43)44-31(19-22-11-12-23(31)16-25(22)21-8-5-4-6-9-21)13-15-42(3)14-7-10-28-40-27-18-24(32(34,35)36)17-26(29(27)41-28)33(37,38)39/h4-6,8-9,16-18,20,22-23H,7,10-15,19H2,1-3H3,(H,40,41). The van der Waals surface area contributed by atoms with Crippen LogP contribution < -0.4 is 0 Å². The molecule has 1 saturated carbocycles. The molecule has 0 spiro atoms. The van der Waals surface area contributed by atoms with E-state index in [2.05, 4.69) is 33.1 Å². The Morgan fingerprint density at radius 1 is 1.07 bits per heavy atom. The van der Waals surface area contributed by atoms with Crippen LogP contribution in [-0.2, 0) is 28.3 Å². The van der Waals surface area contributed by atoms with Gasteiger partial charge in [0.25, 0.3) is 0 Å². The van der Waals surface area contributed by atoms with Crippen molar-refractivity contribution in [1.82, 2.24) is 14.9 Å². The number of fused-ring (bicyclic) bond motifs is 3. The first-order valence-corrected chi connectivity index (χ1v) is 15.0. The molecule has 3 aromatic rings. The van der Waals surface area contributed by atoms with Crippen LogP contribution in [0.1, 0.15) is 68.5 Å². The Morgan fingerprint density at radius 3 is 2.41 bits per heavy atom. The van der Waals surface area contributed by atoms with Crippen molar-refractivity contribution in [2.75, 3.05) is 20.1 Å². The zero-order chi connectivity index (χ0) is 31.9. The number of nitrogens with zero attached hydrogens (tertiary/aromatic N) is 2. The summed E-state index contributed by atoms with van der Waals surface area (Å²) >= 11 is 0. The minimum atomic E-state index is -4.98. The summed E-state index contributed by atoms with van der Waals surface area (Å²) in [6.07, 6.45) is -3.44. The zero-order valence-corrected chi connectivity index (χ0v) is 25.0. The van der Waals surface area contributed by atoms with Crippen LogP contribution >= 0.6 is 0 Å². The number of esters is 1. The molecule has 2 aromatic carbocycles. The number of halogens is 6. The molecule has 1 heterocycles. The third-order valence-corrected chi connectivity index (χ3v) is 8.94. The van der Waals surface area contributed by atoms with Crippen LogP contribution in [0.3, 0.4) is 0 Å². The highest BCUT2D eigenvalue weighted by molar-refractivity contribution is 5.80. The first kappa shape index (κ1) is 32.1. The Balaban J connectivity index is 1.25. The lowest BCUT2D eigenvalue weighted by Gasteiger charge is -2.50. The summed E-state index contributed by atoms with van der Waals surface area (Å²) in [7, 11) is 1.93. The minimum absolute atomic E-state index is 0.0961. The van der Waals surface area contributed by atoms with Crippen LogP contribution in [0.4, 0.5) is 26.3 Å². The van der Waals surface area contributed by atoms with Crippen molar-refractivity contribution in [3.63, 3.8) is 0 Å². The van der Waals surface area contributed by atoms with E-state index in [0.29, 0.717) is 37.9 Å². The number of hydrogen-bond donors (Lipinski definition) is 1. The van der Waals surface area contributed by atoms with Gasteiger partial charge in [0.15, 0.2) is 0 Å². The van der Waals surface area contributed by atoms with Gasteiger partial charge in [-0.3, -0.25) is 4.79 Å². The van der Waals surface area contributed by atoms with E-state index < -0.39 is 34.6 Å². The van der Waals surface area contributed by atoms with Gasteiger partial charge in [0.05, 0.1) is 22.6 Å². The fraction of sp³-hybridized carbons (Fsp3) is 0.515. The first-order valence-electron chi connectivity index (χ1n) is 15.0. The van der Waals surface area contributed by atoms with E-state index in [-0.39, 0.29) is 41.6 Å². The van der Waals surface area contributed by atoms with E-state index >= 15 is 0 Å². The molecule has 2 bridgehead atoms. The van der Waals surface area contributed by atoms with Crippen molar-refractivity contribution in [1.29, 1.82) is 0 Å². The van der Waals surface area contributed by atoms with Crippen LogP contribution in [0.25, 0.3) is 16.6 Å². The Labute approximate surface area is 252 Å². The van der Waals surface area contributed by atoms with Gasteiger partial charge < -0.3 is 14.6 Å². The molecule has 1 fully saturated rings. The summed E-state index contributed by atoms with van der Waals surface area (Å²) in [6.45, 7) is 4.86. The maximum absolute atomic E-state index is 13.5. The molecule has 0 saturated heterocycles. The highest BCUT2D eigenvalue weighted by Crippen LogP contribution is 2.53. The average molecular weight is 622 g/mol. The van der Waals surface area contributed by atoms with E-state index in [1.165, 1.54) is 11.1 Å². The number of alkyl halides is 6. The number of hydrogen-bond acceptors (Lipinski definition) is 4. The maximum Gasteiger partial charge on any atom is 0.418 e. The molecule has 0 radical (unpaired) electrons. The summed E-state index contributed by atoms with van der Waals surface area (Å²) in [5, 5.41) is 0. The highest BCUT2D eigenvalue weighted by atomic mass is 19.4. The van der Waals surface area contributed by atoms with E-state index in [1.54, 1.807) is 0 Å². The lowest BCUT2D eigenvalue weighted by Crippen LogP contribution is -2.51. The monoisotopic (exact) mass is 621 g/mol. The van der Waals surface area contributed by atoms with Gasteiger partial charge in [-0.25, -0.2) is 4.98 Å². The van der Waals surface area contributed by atoms with Gasteiger partial charge in [-0.1, -0.05) is 50.3 Å². The Hall–Kier alpha value is -3.34. The molecule has 44 heavy (non-hydrogen) atoms. The fourth-order valence-electron chi connectivity index (χ4n) is 6.58. The largest absolute Gasteiger partial charge is 0.458 e. The van der Waals surface area contributed by atoms with Gasteiger partial charge in [0.1, 0.15) is 16.9 Å². The normalized spacial score (nSPS) is 22.2. The number of H-pyrrole nitrogens is 1. The van der Waals surface area contributed by atoms with Crippen molar-refractivity contribution in [3.05, 3.63) is 71.1 Å². The van der Waals surface area contributed by atoms with Crippen LogP contribution in [0.15, 0.2) is 48.5 Å². The maximum atomic E-state index is 13.5. The number of aromatic nitrogens is 2. The zero-order valence-electron chi connectivity index (χ0n) is 25.0. The third-order valence-electron chi connectivity index (χ3n) is 8.94. The highest BCUT2D eigenvalue weighted by Gasteiger charge is 2.50. The van der Waals surface area contributed by atoms with Crippen molar-refractivity contribution in [2.45, 2.75) is 70.3 Å². The number of nitrogens with one attached hydrogen (secondary N) is 1. The molecule has 238 valence electrons. The SMILES string of the molecule is CC(C)C(=O)OC1(CCN(C)CCCc2nc3c(C(F)(F)F)cc(C(F)(F)F)cc3[nH]2)CC2CCC1C=C2c1ccccc1. The number of carbonyl (C=O) groups excluding carboxylic acids is 1. The summed E-state index contributed by atoms with van der Waals surface area (Å²) < 4.78 is 86.6. The Bertz CT molecular complexity index is 1510. The molecular weight excluding hydrogens is 584 g/mol. The first-order chi connectivity index (χ1) is 20.7. The second-order valence-electron chi connectivity index (χ2n) is 12.5. The lowest BCUT2D eigenvalue weighted by atomic mass is 9.60. The Kier molecular flexibility index (Phi) is 8.90. The summed E-state index contributed by atoms with van der Waals surface area (Å²) in [5.41, 5.74) is -1.69. The van der Waals surface area contributed by atoms with E-state index in [9.17, 15) is 31.1 Å². The molecule has 3 aliphatic rings. The number of rotatable bonds is 10. The van der Waals surface area contributed by atoms with Crippen molar-refractivity contribution >= 4 is 22.6 Å². The predicted octanol–water partition coefficient (Wildman–Crippen LogP) is 8.31. The molecule has 1 N–H and O–H groups in total. The summed E-state index contributed by atoms with van der Waals surface area (Å²) in [5.74, 6) is 0.117. The van der Waals surface area contributed by atoms with Gasteiger partial charge in [-0.05, 0) is 68.5 Å². The number of ether oxygens (including phenoxy) is 1. The molecule has 3 aliphatic carbocycles. The second-order valence-corrected chi connectivity index (χ2v) is 12.5. The average Bonchev–Trinajstić information content (AvgIpc) is 3.38. The van der Waals surface area contributed by atoms with Crippen LogP contribution in [-0.4, -0.2) is 46.6 Å². The summed E-state index contributed by atoms with van der Waals surface area (Å²) in [4.78, 5) is 21.6. The number of benzene rings is 2.